The molecule has 2 saturated heterocycles. The SMILES string of the molecule is O=C1S/C(=C\c2ccc3c(cnn3Cc3ccc(Cl)cc3C(F)(F)F)c2)C(=O)N1C1CNCCC1F. The Bertz CT molecular complexity index is 1390. The maximum atomic E-state index is 14.4. The van der Waals surface area contributed by atoms with Crippen LogP contribution < -0.4 is 5.32 Å². The second-order valence-electron chi connectivity index (χ2n) is 8.55. The van der Waals surface area contributed by atoms with E-state index in [9.17, 15) is 27.2 Å². The Morgan fingerprint density at radius 1 is 1.19 bits per heavy atom. The highest BCUT2D eigenvalue weighted by atomic mass is 35.5. The smallest absolute Gasteiger partial charge is 0.314 e. The third-order valence-corrected chi connectivity index (χ3v) is 7.30. The van der Waals surface area contributed by atoms with E-state index < -0.39 is 35.1 Å². The second-order valence-corrected chi connectivity index (χ2v) is 9.98. The van der Waals surface area contributed by atoms with Crippen LogP contribution in [0.5, 0.6) is 0 Å². The van der Waals surface area contributed by atoms with E-state index >= 15 is 0 Å². The maximum absolute atomic E-state index is 14.4. The number of carbonyl (C=O) groups excluding carboxylic acids is 2. The Labute approximate surface area is 212 Å². The van der Waals surface area contributed by atoms with Crippen molar-refractivity contribution in [3.63, 3.8) is 0 Å². The number of imide groups is 1. The molecular weight excluding hydrogens is 520 g/mol. The maximum Gasteiger partial charge on any atom is 0.416 e. The molecule has 6 nitrogen and oxygen atoms in total. The van der Waals surface area contributed by atoms with Crippen LogP contribution in [0, 0.1) is 0 Å². The van der Waals surface area contributed by atoms with E-state index in [-0.39, 0.29) is 35.0 Å². The summed E-state index contributed by atoms with van der Waals surface area (Å²) in [7, 11) is 0. The van der Waals surface area contributed by atoms with Crippen LogP contribution in [-0.4, -0.2) is 51.1 Å². The van der Waals surface area contributed by atoms with Gasteiger partial charge in [0, 0.05) is 17.0 Å². The molecule has 5 rings (SSSR count). The van der Waals surface area contributed by atoms with Crippen molar-refractivity contribution in [2.45, 2.75) is 31.4 Å². The van der Waals surface area contributed by atoms with Gasteiger partial charge in [0.25, 0.3) is 11.1 Å². The first-order valence-electron chi connectivity index (χ1n) is 11.0. The zero-order valence-corrected chi connectivity index (χ0v) is 20.1. The van der Waals surface area contributed by atoms with E-state index in [1.165, 1.54) is 23.0 Å². The van der Waals surface area contributed by atoms with Gasteiger partial charge in [0.2, 0.25) is 0 Å². The summed E-state index contributed by atoms with van der Waals surface area (Å²) in [6.07, 6.45) is -2.54. The average molecular weight is 539 g/mol. The Kier molecular flexibility index (Phi) is 6.56. The van der Waals surface area contributed by atoms with E-state index in [2.05, 4.69) is 10.4 Å². The van der Waals surface area contributed by atoms with Crippen LogP contribution in [0.15, 0.2) is 47.5 Å². The fourth-order valence-corrected chi connectivity index (χ4v) is 5.47. The van der Waals surface area contributed by atoms with Gasteiger partial charge in [-0.15, -0.1) is 0 Å². The van der Waals surface area contributed by atoms with Gasteiger partial charge >= 0.3 is 6.18 Å². The number of carbonyl (C=O) groups is 2. The van der Waals surface area contributed by atoms with E-state index in [1.807, 2.05) is 0 Å². The van der Waals surface area contributed by atoms with Gasteiger partial charge < -0.3 is 5.32 Å². The predicted molar refractivity (Wildman–Crippen MR) is 129 cm³/mol. The zero-order chi connectivity index (χ0) is 25.6. The largest absolute Gasteiger partial charge is 0.416 e. The lowest BCUT2D eigenvalue weighted by atomic mass is 10.0. The number of alkyl halides is 4. The molecule has 1 N–H and O–H groups in total. The van der Waals surface area contributed by atoms with Crippen molar-refractivity contribution in [3.05, 3.63) is 69.2 Å². The number of nitrogens with zero attached hydrogens (tertiary/aromatic N) is 3. The molecule has 2 amide bonds. The van der Waals surface area contributed by atoms with E-state index in [0.29, 0.717) is 23.0 Å². The summed E-state index contributed by atoms with van der Waals surface area (Å²) >= 11 is 6.52. The average Bonchev–Trinajstić information content (AvgIpc) is 3.34. The number of hydrogen-bond donors (Lipinski definition) is 1. The predicted octanol–water partition coefficient (Wildman–Crippen LogP) is 5.49. The fourth-order valence-electron chi connectivity index (χ4n) is 4.41. The van der Waals surface area contributed by atoms with Gasteiger partial charge in [-0.3, -0.25) is 19.2 Å². The van der Waals surface area contributed by atoms with Crippen molar-refractivity contribution < 1.29 is 27.2 Å². The molecule has 0 radical (unpaired) electrons. The van der Waals surface area contributed by atoms with Crippen LogP contribution in [0.2, 0.25) is 5.02 Å². The molecule has 0 aliphatic carbocycles. The van der Waals surface area contributed by atoms with Crippen LogP contribution in [0.4, 0.5) is 22.4 Å². The van der Waals surface area contributed by atoms with Crippen molar-refractivity contribution in [2.24, 2.45) is 0 Å². The number of piperidine rings is 1. The van der Waals surface area contributed by atoms with Crippen LogP contribution in [0.3, 0.4) is 0 Å². The number of benzene rings is 2. The highest BCUT2D eigenvalue weighted by molar-refractivity contribution is 8.18. The second kappa shape index (κ2) is 9.53. The summed E-state index contributed by atoms with van der Waals surface area (Å²) in [6.45, 7) is 0.585. The molecule has 0 bridgehead atoms. The number of rotatable bonds is 4. The van der Waals surface area contributed by atoms with Gasteiger partial charge in [0.1, 0.15) is 6.17 Å². The van der Waals surface area contributed by atoms with E-state index in [4.69, 9.17) is 11.6 Å². The minimum atomic E-state index is -4.56. The van der Waals surface area contributed by atoms with E-state index in [0.717, 1.165) is 22.7 Å². The summed E-state index contributed by atoms with van der Waals surface area (Å²) in [5, 5.41) is 7.36. The first-order chi connectivity index (χ1) is 17.1. The van der Waals surface area contributed by atoms with Crippen LogP contribution in [-0.2, 0) is 17.5 Å². The van der Waals surface area contributed by atoms with Gasteiger partial charge in [0.15, 0.2) is 0 Å². The number of thioether (sulfide) groups is 1. The molecule has 2 aliphatic rings. The monoisotopic (exact) mass is 538 g/mol. The molecule has 12 heteroatoms. The molecule has 2 atom stereocenters. The number of fused-ring (bicyclic) bond motifs is 1. The van der Waals surface area contributed by atoms with E-state index in [1.54, 1.807) is 24.3 Å². The zero-order valence-electron chi connectivity index (χ0n) is 18.6. The molecular formula is C24H19ClF4N4O2S. The molecule has 3 heterocycles. The molecule has 2 fully saturated rings. The number of aromatic nitrogens is 2. The lowest BCUT2D eigenvalue weighted by Crippen LogP contribution is -2.53. The Hall–Kier alpha value is -2.89. The Morgan fingerprint density at radius 2 is 2.00 bits per heavy atom. The topological polar surface area (TPSA) is 67.2 Å². The lowest BCUT2D eigenvalue weighted by molar-refractivity contribution is -0.138. The summed E-state index contributed by atoms with van der Waals surface area (Å²) in [4.78, 5) is 26.5. The number of nitrogens with one attached hydrogen (secondary N) is 1. The van der Waals surface area contributed by atoms with Gasteiger partial charge in [0.05, 0.1) is 34.8 Å². The first kappa shape index (κ1) is 24.8. The van der Waals surface area contributed by atoms with Crippen LogP contribution in [0.1, 0.15) is 23.1 Å². The highest BCUT2D eigenvalue weighted by Crippen LogP contribution is 2.36. The number of hydrogen-bond acceptors (Lipinski definition) is 5. The third-order valence-electron chi connectivity index (χ3n) is 6.18. The summed E-state index contributed by atoms with van der Waals surface area (Å²) in [5.74, 6) is -0.542. The minimum Gasteiger partial charge on any atom is -0.314 e. The minimum absolute atomic E-state index is 0.00719. The molecule has 0 saturated carbocycles. The molecule has 36 heavy (non-hydrogen) atoms. The lowest BCUT2D eigenvalue weighted by Gasteiger charge is -2.32. The van der Waals surface area contributed by atoms with Crippen molar-refractivity contribution >= 4 is 51.5 Å². The van der Waals surface area contributed by atoms with Crippen molar-refractivity contribution in [2.75, 3.05) is 13.1 Å². The van der Waals surface area contributed by atoms with Crippen LogP contribution >= 0.6 is 23.4 Å². The van der Waals surface area contributed by atoms with Gasteiger partial charge in [-0.2, -0.15) is 18.3 Å². The van der Waals surface area contributed by atoms with Gasteiger partial charge in [-0.25, -0.2) is 4.39 Å². The summed E-state index contributed by atoms with van der Waals surface area (Å²) in [6, 6.07) is 7.87. The van der Waals surface area contributed by atoms with Gasteiger partial charge in [-0.05, 0) is 66.2 Å². The molecule has 3 aromatic rings. The molecule has 2 aromatic carbocycles. The summed E-state index contributed by atoms with van der Waals surface area (Å²) < 4.78 is 56.2. The van der Waals surface area contributed by atoms with Crippen molar-refractivity contribution in [1.82, 2.24) is 20.0 Å². The molecule has 2 unspecified atom stereocenters. The van der Waals surface area contributed by atoms with Crippen molar-refractivity contribution in [1.29, 1.82) is 0 Å². The standard InChI is InChI=1S/C24H19ClF4N4O2S/c25-16-3-2-14(17(9-16)24(27,28)29)12-32-19-4-1-13(7-15(19)10-31-32)8-21-22(34)33(23(35)36-21)20-11-30-6-5-18(20)26/h1-4,7-10,18,20,30H,5-6,11-12H2/b21-8-. The quantitative estimate of drug-likeness (QED) is 0.351. The highest BCUT2D eigenvalue weighted by Gasteiger charge is 2.43. The fraction of sp³-hybridized carbons (Fsp3) is 0.292. The third kappa shape index (κ3) is 4.74. The molecule has 1 aromatic heterocycles. The molecule has 188 valence electrons. The molecule has 0 spiro atoms. The van der Waals surface area contributed by atoms with Gasteiger partial charge in [-0.1, -0.05) is 23.7 Å². The number of halogens is 5. The Balaban J connectivity index is 1.40. The Morgan fingerprint density at radius 3 is 2.75 bits per heavy atom. The van der Waals surface area contributed by atoms with Crippen LogP contribution in [0.25, 0.3) is 17.0 Å². The summed E-state index contributed by atoms with van der Waals surface area (Å²) in [5.41, 5.74) is 0.401. The normalized spacial score (nSPS) is 22.2. The molecule has 2 aliphatic heterocycles. The number of amides is 2. The first-order valence-corrected chi connectivity index (χ1v) is 12.2. The van der Waals surface area contributed by atoms with Crippen molar-refractivity contribution in [3.8, 4) is 0 Å².